The lowest BCUT2D eigenvalue weighted by atomic mass is 9.86. The fourth-order valence-electron chi connectivity index (χ4n) is 2.83. The molecule has 0 radical (unpaired) electrons. The highest BCUT2D eigenvalue weighted by molar-refractivity contribution is 8.00. The number of carbonyl (C=O) groups excluding carboxylic acids is 1. The van der Waals surface area contributed by atoms with Crippen LogP contribution in [0.5, 0.6) is 11.5 Å². The van der Waals surface area contributed by atoms with Gasteiger partial charge in [-0.15, -0.1) is 11.8 Å². The van der Waals surface area contributed by atoms with E-state index in [1.165, 1.54) is 17.3 Å². The predicted molar refractivity (Wildman–Crippen MR) is 117 cm³/mol. The molecule has 0 aliphatic rings. The number of benzene rings is 2. The summed E-state index contributed by atoms with van der Waals surface area (Å²) < 4.78 is 10.6. The summed E-state index contributed by atoms with van der Waals surface area (Å²) in [5.74, 6) is 1.34. The van der Waals surface area contributed by atoms with Gasteiger partial charge in [-0.1, -0.05) is 45.0 Å². The third kappa shape index (κ3) is 5.68. The first-order valence-electron chi connectivity index (χ1n) is 9.45. The van der Waals surface area contributed by atoms with Crippen molar-refractivity contribution in [2.24, 2.45) is 0 Å². The van der Waals surface area contributed by atoms with Gasteiger partial charge < -0.3 is 14.8 Å². The molecule has 0 heterocycles. The molecule has 0 unspecified atom stereocenters. The Morgan fingerprint density at radius 3 is 2.11 bits per heavy atom. The van der Waals surface area contributed by atoms with E-state index in [0.717, 1.165) is 10.5 Å². The number of thioether (sulfide) groups is 1. The standard InChI is InChI=1S/C23H31NO3S/c1-15(17-8-10-18(11-9-17)23(3,4)5)24-22(25)16(2)28-19-12-13-20(26-6)21(14-19)27-7/h8-16H,1-7H3,(H,24,25)/t15-,16-/m1/s1. The summed E-state index contributed by atoms with van der Waals surface area (Å²) in [6, 6.07) is 14.1. The van der Waals surface area contributed by atoms with E-state index >= 15 is 0 Å². The van der Waals surface area contributed by atoms with Gasteiger partial charge in [-0.25, -0.2) is 0 Å². The molecule has 4 nitrogen and oxygen atoms in total. The minimum absolute atomic E-state index is 0.00665. The maximum Gasteiger partial charge on any atom is 0.233 e. The lowest BCUT2D eigenvalue weighted by molar-refractivity contribution is -0.120. The van der Waals surface area contributed by atoms with Crippen LogP contribution in [0.15, 0.2) is 47.4 Å². The summed E-state index contributed by atoms with van der Waals surface area (Å²) in [4.78, 5) is 13.6. The van der Waals surface area contributed by atoms with Gasteiger partial charge in [-0.2, -0.15) is 0 Å². The number of rotatable bonds is 7. The van der Waals surface area contributed by atoms with E-state index in [1.54, 1.807) is 14.2 Å². The van der Waals surface area contributed by atoms with Crippen molar-refractivity contribution in [1.82, 2.24) is 5.32 Å². The van der Waals surface area contributed by atoms with Crippen LogP contribution < -0.4 is 14.8 Å². The maximum absolute atomic E-state index is 12.6. The molecule has 0 fully saturated rings. The van der Waals surface area contributed by atoms with Crippen molar-refractivity contribution in [3.05, 3.63) is 53.6 Å². The molecular weight excluding hydrogens is 370 g/mol. The van der Waals surface area contributed by atoms with Crippen molar-refractivity contribution in [3.8, 4) is 11.5 Å². The Hall–Kier alpha value is -2.14. The first-order valence-corrected chi connectivity index (χ1v) is 10.3. The number of methoxy groups -OCH3 is 2. The number of carbonyl (C=O) groups is 1. The summed E-state index contributed by atoms with van der Waals surface area (Å²) in [6.07, 6.45) is 0. The van der Waals surface area contributed by atoms with Crippen LogP contribution in [0.1, 0.15) is 51.8 Å². The van der Waals surface area contributed by atoms with Gasteiger partial charge >= 0.3 is 0 Å². The second-order valence-corrected chi connectivity index (χ2v) is 9.29. The van der Waals surface area contributed by atoms with Gasteiger partial charge in [0.1, 0.15) is 0 Å². The maximum atomic E-state index is 12.6. The Morgan fingerprint density at radius 2 is 1.57 bits per heavy atom. The van der Waals surface area contributed by atoms with E-state index < -0.39 is 0 Å². The highest BCUT2D eigenvalue weighted by Gasteiger charge is 2.19. The minimum atomic E-state index is -0.227. The number of amides is 1. The van der Waals surface area contributed by atoms with Gasteiger partial charge in [0.15, 0.2) is 11.5 Å². The van der Waals surface area contributed by atoms with Crippen LogP contribution in [-0.4, -0.2) is 25.4 Å². The summed E-state index contributed by atoms with van der Waals surface area (Å²) >= 11 is 1.50. The summed E-state index contributed by atoms with van der Waals surface area (Å²) in [6.45, 7) is 10.5. The van der Waals surface area contributed by atoms with Gasteiger partial charge in [0.2, 0.25) is 5.91 Å². The van der Waals surface area contributed by atoms with Gasteiger partial charge in [0.25, 0.3) is 0 Å². The zero-order valence-corrected chi connectivity index (χ0v) is 18.6. The molecule has 5 heteroatoms. The van der Waals surface area contributed by atoms with Gasteiger partial charge in [0, 0.05) is 4.90 Å². The van der Waals surface area contributed by atoms with E-state index in [1.807, 2.05) is 32.0 Å². The molecule has 2 aromatic rings. The molecule has 2 aromatic carbocycles. The summed E-state index contributed by atoms with van der Waals surface area (Å²) in [5, 5.41) is 2.88. The summed E-state index contributed by atoms with van der Waals surface area (Å²) in [5.41, 5.74) is 2.51. The molecule has 1 amide bonds. The topological polar surface area (TPSA) is 47.6 Å². The molecule has 152 valence electrons. The molecule has 0 aromatic heterocycles. The van der Waals surface area contributed by atoms with Crippen molar-refractivity contribution < 1.29 is 14.3 Å². The highest BCUT2D eigenvalue weighted by atomic mass is 32.2. The smallest absolute Gasteiger partial charge is 0.233 e. The second-order valence-electron chi connectivity index (χ2n) is 7.88. The van der Waals surface area contributed by atoms with Crippen molar-refractivity contribution in [2.75, 3.05) is 14.2 Å². The number of hydrogen-bond acceptors (Lipinski definition) is 4. The van der Waals surface area contributed by atoms with Crippen LogP contribution in [0.25, 0.3) is 0 Å². The van der Waals surface area contributed by atoms with Crippen LogP contribution in [0.4, 0.5) is 0 Å². The Balaban J connectivity index is 2.00. The van der Waals surface area contributed by atoms with Crippen LogP contribution in [0.3, 0.4) is 0 Å². The number of nitrogens with one attached hydrogen (secondary N) is 1. The third-order valence-electron chi connectivity index (χ3n) is 4.67. The molecule has 0 saturated heterocycles. The Labute approximate surface area is 173 Å². The van der Waals surface area contributed by atoms with Crippen molar-refractivity contribution in [3.63, 3.8) is 0 Å². The first-order chi connectivity index (χ1) is 13.2. The zero-order valence-electron chi connectivity index (χ0n) is 17.8. The Kier molecular flexibility index (Phi) is 7.41. The highest BCUT2D eigenvalue weighted by Crippen LogP contribution is 2.33. The van der Waals surface area contributed by atoms with E-state index in [9.17, 15) is 4.79 Å². The molecule has 2 rings (SSSR count). The molecule has 0 saturated carbocycles. The molecule has 0 spiro atoms. The third-order valence-corrected chi connectivity index (χ3v) is 5.77. The Bertz CT molecular complexity index is 796. The molecular formula is C23H31NO3S. The quantitative estimate of drug-likeness (QED) is 0.635. The van der Waals surface area contributed by atoms with E-state index in [-0.39, 0.29) is 22.6 Å². The van der Waals surface area contributed by atoms with Crippen molar-refractivity contribution in [1.29, 1.82) is 0 Å². The van der Waals surface area contributed by atoms with Crippen molar-refractivity contribution >= 4 is 17.7 Å². The number of ether oxygens (including phenoxy) is 2. The van der Waals surface area contributed by atoms with Crippen LogP contribution in [0, 0.1) is 0 Å². The fraction of sp³-hybridized carbons (Fsp3) is 0.435. The lowest BCUT2D eigenvalue weighted by Crippen LogP contribution is -2.33. The van der Waals surface area contributed by atoms with Crippen LogP contribution >= 0.6 is 11.8 Å². The van der Waals surface area contributed by atoms with Crippen LogP contribution in [-0.2, 0) is 10.2 Å². The predicted octanol–water partition coefficient (Wildman–Crippen LogP) is 5.36. The second kappa shape index (κ2) is 9.37. The zero-order chi connectivity index (χ0) is 20.9. The first kappa shape index (κ1) is 22.2. The average Bonchev–Trinajstić information content (AvgIpc) is 2.67. The molecule has 2 atom stereocenters. The van der Waals surface area contributed by atoms with Gasteiger partial charge in [0.05, 0.1) is 25.5 Å². The number of hydrogen-bond donors (Lipinski definition) is 1. The largest absolute Gasteiger partial charge is 0.493 e. The lowest BCUT2D eigenvalue weighted by Gasteiger charge is -2.21. The molecule has 0 aliphatic heterocycles. The summed E-state index contributed by atoms with van der Waals surface area (Å²) in [7, 11) is 3.21. The fourth-order valence-corrected chi connectivity index (χ4v) is 3.74. The monoisotopic (exact) mass is 401 g/mol. The molecule has 0 bridgehead atoms. The SMILES string of the molecule is COc1ccc(S[C@H](C)C(=O)N[C@H](C)c2ccc(C(C)(C)C)cc2)cc1OC. The minimum Gasteiger partial charge on any atom is -0.493 e. The molecule has 28 heavy (non-hydrogen) atoms. The molecule has 0 aliphatic carbocycles. The van der Waals surface area contributed by atoms with Gasteiger partial charge in [-0.3, -0.25) is 4.79 Å². The van der Waals surface area contributed by atoms with Crippen molar-refractivity contribution in [2.45, 2.75) is 56.2 Å². The average molecular weight is 402 g/mol. The van der Waals surface area contributed by atoms with E-state index in [4.69, 9.17) is 9.47 Å². The van der Waals surface area contributed by atoms with Gasteiger partial charge in [-0.05, 0) is 48.6 Å². The van der Waals surface area contributed by atoms with E-state index in [2.05, 4.69) is 50.4 Å². The molecule has 1 N–H and O–H groups in total. The normalized spacial score (nSPS) is 13.5. The Morgan fingerprint density at radius 1 is 0.964 bits per heavy atom. The van der Waals surface area contributed by atoms with Crippen LogP contribution in [0.2, 0.25) is 0 Å². The van der Waals surface area contributed by atoms with E-state index in [0.29, 0.717) is 11.5 Å².